The molecule has 3 heterocycles. The van der Waals surface area contributed by atoms with E-state index in [1.807, 2.05) is 60.7 Å². The van der Waals surface area contributed by atoms with Crippen LogP contribution in [0.15, 0.2) is 109 Å². The lowest BCUT2D eigenvalue weighted by Crippen LogP contribution is -3.00. The number of aromatic amines is 3. The van der Waals surface area contributed by atoms with Crippen LogP contribution in [0, 0.1) is 0 Å². The summed E-state index contributed by atoms with van der Waals surface area (Å²) in [7, 11) is 0. The number of ether oxygens (including phenoxy) is 3. The Labute approximate surface area is 598 Å². The molecule has 12 rings (SSSR count). The number of carboxylic acids is 1. The van der Waals surface area contributed by atoms with Crippen molar-refractivity contribution in [3.63, 3.8) is 0 Å². The normalized spacial score (nSPS) is 16.7. The number of fused-ring (bicyclic) bond motifs is 6. The number of nitrogens with two attached hydrogens (primary N) is 2. The molecule has 103 heavy (non-hydrogen) atoms. The average molecular weight is 1430 g/mol. The van der Waals surface area contributed by atoms with Crippen molar-refractivity contribution in [2.75, 3.05) is 30.3 Å². The van der Waals surface area contributed by atoms with Gasteiger partial charge in [0, 0.05) is 42.0 Å². The van der Waals surface area contributed by atoms with Crippen LogP contribution in [0.1, 0.15) is 184 Å². The molecule has 0 radical (unpaired) electrons. The number of primary amides is 2. The fourth-order valence-corrected chi connectivity index (χ4v) is 13.9. The van der Waals surface area contributed by atoms with Crippen LogP contribution in [0.3, 0.4) is 0 Å². The lowest BCUT2D eigenvalue weighted by atomic mass is 9.69. The van der Waals surface area contributed by atoms with Crippen molar-refractivity contribution in [2.45, 2.75) is 134 Å². The van der Waals surface area contributed by atoms with Crippen LogP contribution in [-0.2, 0) is 78.6 Å². The Morgan fingerprint density at radius 1 is 0.505 bits per heavy atom. The predicted octanol–water partition coefficient (Wildman–Crippen LogP) is 2.57. The third-order valence-electron chi connectivity index (χ3n) is 17.9. The molecule has 6 amide bonds. The molecule has 0 aliphatic heterocycles. The first kappa shape index (κ1) is 76.9. The zero-order valence-corrected chi connectivity index (χ0v) is 57.6. The van der Waals surface area contributed by atoms with E-state index in [4.69, 9.17) is 25.7 Å². The van der Waals surface area contributed by atoms with E-state index in [0.29, 0.717) is 117 Å². The van der Waals surface area contributed by atoms with Crippen molar-refractivity contribution in [1.29, 1.82) is 0 Å². The first-order chi connectivity index (χ1) is 48.4. The van der Waals surface area contributed by atoms with E-state index in [1.165, 1.54) is 0 Å². The summed E-state index contributed by atoms with van der Waals surface area (Å²) in [4.78, 5) is 93.1. The molecule has 9 aromatic rings. The summed E-state index contributed by atoms with van der Waals surface area (Å²) in [6.45, 7) is 12.2. The summed E-state index contributed by atoms with van der Waals surface area (Å²) in [5.41, 5.74) is 24.9. The molecule has 0 saturated carbocycles. The van der Waals surface area contributed by atoms with Gasteiger partial charge in [-0.25, -0.2) is 14.4 Å². The molecule has 31 nitrogen and oxygen atoms in total. The van der Waals surface area contributed by atoms with Gasteiger partial charge in [-0.3, -0.25) is 24.0 Å². The van der Waals surface area contributed by atoms with Gasteiger partial charge >= 0.3 is 18.2 Å². The number of amides is 6. The Morgan fingerprint density at radius 2 is 0.835 bits per heavy atom. The lowest BCUT2D eigenvalue weighted by Gasteiger charge is -2.34. The van der Waals surface area contributed by atoms with Gasteiger partial charge in [0.25, 0.3) is 6.47 Å². The van der Waals surface area contributed by atoms with Crippen LogP contribution in [0.4, 0.5) is 21.0 Å². The number of tetrazole rings is 3. The number of carbonyl (C=O) groups is 8. The van der Waals surface area contributed by atoms with Crippen LogP contribution in [0.2, 0.25) is 0 Å². The summed E-state index contributed by atoms with van der Waals surface area (Å²) < 4.78 is 15.9. The molecule has 3 aliphatic rings. The van der Waals surface area contributed by atoms with Crippen molar-refractivity contribution < 1.29 is 75.8 Å². The van der Waals surface area contributed by atoms with Gasteiger partial charge in [0.15, 0.2) is 17.5 Å². The second kappa shape index (κ2) is 32.6. The van der Waals surface area contributed by atoms with Gasteiger partial charge < -0.3 is 70.2 Å². The molecular formula is C71H82ClN19O12. The number of H-pyrrole nitrogens is 3. The highest BCUT2D eigenvalue weighted by Crippen LogP contribution is 2.50. The highest BCUT2D eigenvalue weighted by atomic mass is 35.5. The van der Waals surface area contributed by atoms with Crippen molar-refractivity contribution in [2.24, 2.45) is 11.5 Å². The molecule has 0 fully saturated rings. The SMILES string of the molecule is C.CC(C)(C)OC(=O)NCCC1(c2nn[nH]n2)c2ccc(NC=O)cc2CCc2cc(C(N)=O)ccc21.CC(C)(C)OC(=O)NCCC1(c2nn[nH]n2)c2ccc(OC=O)cc2CCc2cc(C(=O)O)ccc21.NC(=O)c1ccc2c(c1)CCc1cc(NC=O)ccc1C2(CC[NH3+])c1nn[nH]n1.[Cl-]. The monoisotopic (exact) mass is 1430 g/mol. The van der Waals surface area contributed by atoms with Gasteiger partial charge in [0.05, 0.1) is 28.4 Å². The minimum atomic E-state index is -1.03. The maximum Gasteiger partial charge on any atom is 0.407 e. The lowest BCUT2D eigenvalue weighted by molar-refractivity contribution is -0.370. The van der Waals surface area contributed by atoms with Gasteiger partial charge in [-0.1, -0.05) is 59.5 Å². The minimum absolute atomic E-state index is 0. The second-order valence-corrected chi connectivity index (χ2v) is 26.3. The minimum Gasteiger partial charge on any atom is -1.00 e. The van der Waals surface area contributed by atoms with E-state index in [-0.39, 0.29) is 38.5 Å². The number of carboxylic acid groups (broad SMARTS) is 1. The van der Waals surface area contributed by atoms with E-state index < -0.39 is 57.4 Å². The quantitative estimate of drug-likeness (QED) is 0.0488. The predicted molar refractivity (Wildman–Crippen MR) is 370 cm³/mol. The first-order valence-electron chi connectivity index (χ1n) is 32.5. The molecule has 3 aliphatic carbocycles. The number of anilines is 2. The number of aromatic carboxylic acids is 1. The molecule has 0 bridgehead atoms. The van der Waals surface area contributed by atoms with E-state index in [0.717, 1.165) is 78.9 Å². The smallest absolute Gasteiger partial charge is 0.407 e. The number of aromatic nitrogens is 12. The number of nitrogens with zero attached hydrogens (tertiary/aromatic N) is 9. The number of halogens is 1. The maximum atomic E-state index is 12.4. The van der Waals surface area contributed by atoms with Crippen LogP contribution in [0.5, 0.6) is 5.75 Å². The Balaban J connectivity index is 0.000000195. The standard InChI is InChI=1S/C25H29N7O4.C25H27N5O6.C20H21N7O2.CH4.ClH/c1-24(2,3)36-23(35)27-11-10-25(22-29-31-32-30-22)19-8-6-17(21(26)34)12-15(19)4-5-16-13-18(28-14-33)7-9-20(16)25;1-24(2,3)36-23(34)26-11-10-25(22-27-29-30-28-22)19-8-6-17(21(32)33)12-15(19)4-5-16-13-18(35-14-31)7-9-20(16)25;21-8-7-20(19-24-26-27-25-19)16-5-3-14(18(22)29)9-12(16)1-2-13-10-15(23-11-28)4-6-17(13)20;;/h6-9,12-14H,4-5,10-11H2,1-3H3,(H2,26,34)(H,27,35)(H,28,33)(H,29,30,31,32);6-9,12-14H,4-5,10-11H2,1-3H3,(H,26,34)(H,32,33)(H,27,28,29,30);3-6,9-11H,1-2,7-8,21H2,(H2,22,29)(H,23,28)(H,24,25,26,27);1H4;1H. The summed E-state index contributed by atoms with van der Waals surface area (Å²) in [5.74, 6) is -0.296. The third kappa shape index (κ3) is 16.6. The molecule has 540 valence electrons. The van der Waals surface area contributed by atoms with E-state index in [1.54, 1.807) is 90.1 Å². The van der Waals surface area contributed by atoms with E-state index in [2.05, 4.69) is 88.9 Å². The third-order valence-corrected chi connectivity index (χ3v) is 17.9. The maximum absolute atomic E-state index is 12.4. The summed E-state index contributed by atoms with van der Waals surface area (Å²) in [5, 5.41) is 65.8. The van der Waals surface area contributed by atoms with Gasteiger partial charge in [-0.05, 0) is 232 Å². The summed E-state index contributed by atoms with van der Waals surface area (Å²) in [6, 6.07) is 32.7. The van der Waals surface area contributed by atoms with Crippen LogP contribution < -0.4 is 55.6 Å². The second-order valence-electron chi connectivity index (χ2n) is 26.3. The number of rotatable bonds is 20. The molecule has 3 unspecified atom stereocenters. The molecule has 3 aromatic heterocycles. The number of quaternary nitrogens is 1. The number of carbonyl (C=O) groups excluding carboxylic acids is 7. The van der Waals surface area contributed by atoms with E-state index >= 15 is 0 Å². The number of hydrogen-bond donors (Lipinski definition) is 11. The van der Waals surface area contributed by atoms with Crippen molar-refractivity contribution in [1.82, 2.24) is 72.5 Å². The largest absolute Gasteiger partial charge is 1.00 e. The van der Waals surface area contributed by atoms with Gasteiger partial charge in [0.1, 0.15) is 17.0 Å². The molecule has 0 saturated heterocycles. The molecule has 0 spiro atoms. The molecule has 3 atom stereocenters. The number of benzene rings is 6. The Kier molecular flexibility index (Phi) is 24.4. The summed E-state index contributed by atoms with van der Waals surface area (Å²) in [6.07, 6.45) is 5.35. The van der Waals surface area contributed by atoms with Crippen LogP contribution in [-0.4, -0.2) is 147 Å². The van der Waals surface area contributed by atoms with Gasteiger partial charge in [-0.2, -0.15) is 15.6 Å². The Morgan fingerprint density at radius 3 is 1.16 bits per heavy atom. The zero-order chi connectivity index (χ0) is 72.3. The first-order valence-corrected chi connectivity index (χ1v) is 32.5. The van der Waals surface area contributed by atoms with Crippen molar-refractivity contribution in [3.8, 4) is 5.75 Å². The fraction of sp³-hybridized carbons (Fsp3) is 0.338. The fourth-order valence-electron chi connectivity index (χ4n) is 13.9. The number of nitrogens with one attached hydrogen (secondary N) is 7. The van der Waals surface area contributed by atoms with E-state index in [9.17, 15) is 43.5 Å². The number of hydrogen-bond acceptors (Lipinski definition) is 20. The molecule has 15 N–H and O–H groups in total. The number of aryl methyl sites for hydroxylation is 6. The van der Waals surface area contributed by atoms with Crippen LogP contribution >= 0.6 is 0 Å². The van der Waals surface area contributed by atoms with Crippen molar-refractivity contribution in [3.05, 3.63) is 210 Å². The molecule has 6 aromatic carbocycles. The average Bonchev–Trinajstić information content (AvgIpc) is 1.69. The van der Waals surface area contributed by atoms with Crippen molar-refractivity contribution >= 4 is 60.6 Å². The molecular weight excluding hydrogens is 1350 g/mol. The highest BCUT2D eigenvalue weighted by Gasteiger charge is 2.48. The Hall–Kier alpha value is -11.9. The Bertz CT molecular complexity index is 4350. The highest BCUT2D eigenvalue weighted by molar-refractivity contribution is 5.94. The van der Waals surface area contributed by atoms with Gasteiger partial charge in [0.2, 0.25) is 24.6 Å². The molecule has 32 heteroatoms. The summed E-state index contributed by atoms with van der Waals surface area (Å²) >= 11 is 0. The zero-order valence-electron chi connectivity index (χ0n) is 56.8. The van der Waals surface area contributed by atoms with Gasteiger partial charge in [-0.15, -0.1) is 30.6 Å². The van der Waals surface area contributed by atoms with Crippen LogP contribution in [0.25, 0.3) is 0 Å². The number of alkyl carbamates (subject to hydrolysis) is 2. The topological polar surface area (TPSA) is 476 Å².